The van der Waals surface area contributed by atoms with Crippen LogP contribution in [-0.4, -0.2) is 48.1 Å². The molecular weight excluding hydrogens is 307 g/mol. The Morgan fingerprint density at radius 3 is 2.43 bits per heavy atom. The molecule has 1 aromatic carbocycles. The molecule has 0 aliphatic carbocycles. The first kappa shape index (κ1) is 16.7. The van der Waals surface area contributed by atoms with E-state index in [-0.39, 0.29) is 6.54 Å². The van der Waals surface area contributed by atoms with Crippen molar-refractivity contribution in [2.75, 3.05) is 13.1 Å². The number of rotatable bonds is 5. The van der Waals surface area contributed by atoms with E-state index < -0.39 is 35.9 Å². The summed E-state index contributed by atoms with van der Waals surface area (Å²) >= 11 is 0. The highest BCUT2D eigenvalue weighted by molar-refractivity contribution is 5.98. The average molecular weight is 324 g/mol. The van der Waals surface area contributed by atoms with Crippen LogP contribution in [0.4, 0.5) is 9.18 Å². The number of benzene rings is 1. The summed E-state index contributed by atoms with van der Waals surface area (Å²) in [4.78, 5) is 36.3. The summed E-state index contributed by atoms with van der Waals surface area (Å²) in [5.74, 6) is -1.47. The van der Waals surface area contributed by atoms with Crippen LogP contribution >= 0.6 is 0 Å². The van der Waals surface area contributed by atoms with Gasteiger partial charge in [0.1, 0.15) is 11.6 Å². The second-order valence-corrected chi connectivity index (χ2v) is 5.01. The van der Waals surface area contributed by atoms with E-state index in [4.69, 9.17) is 9.47 Å². The van der Waals surface area contributed by atoms with Gasteiger partial charge in [-0.1, -0.05) is 0 Å². The molecule has 2 atom stereocenters. The molecule has 7 nitrogen and oxygen atoms in total. The van der Waals surface area contributed by atoms with E-state index in [1.165, 1.54) is 38.1 Å². The number of hydrogen-bond donors (Lipinski definition) is 1. The topological polar surface area (TPSA) is 84.9 Å². The number of imide groups is 1. The summed E-state index contributed by atoms with van der Waals surface area (Å²) in [6, 6.07) is 4.65. The second kappa shape index (κ2) is 7.08. The standard InChI is InChI=1S/C15H17FN2O5/c1-9(13(19)18-8-7-17-15(18)21)23-14(20)10(2)22-12-5-3-11(16)4-6-12/h3-6,9-10H,7-8H2,1-2H3,(H,17,21)/t9-,10-/m1/s1. The van der Waals surface area contributed by atoms with Gasteiger partial charge in [-0.25, -0.2) is 14.0 Å². The van der Waals surface area contributed by atoms with E-state index in [0.717, 1.165) is 4.90 Å². The highest BCUT2D eigenvalue weighted by Gasteiger charge is 2.32. The molecule has 1 N–H and O–H groups in total. The van der Waals surface area contributed by atoms with Gasteiger partial charge >= 0.3 is 12.0 Å². The van der Waals surface area contributed by atoms with Crippen molar-refractivity contribution in [1.82, 2.24) is 10.2 Å². The largest absolute Gasteiger partial charge is 0.479 e. The molecular formula is C15H17FN2O5. The Morgan fingerprint density at radius 1 is 1.22 bits per heavy atom. The fraction of sp³-hybridized carbons (Fsp3) is 0.400. The van der Waals surface area contributed by atoms with Crippen LogP contribution in [0.2, 0.25) is 0 Å². The van der Waals surface area contributed by atoms with Gasteiger partial charge < -0.3 is 14.8 Å². The highest BCUT2D eigenvalue weighted by Crippen LogP contribution is 2.14. The Labute approximate surface area is 132 Å². The Morgan fingerprint density at radius 2 is 1.87 bits per heavy atom. The van der Waals surface area contributed by atoms with Gasteiger partial charge in [0.15, 0.2) is 12.2 Å². The Kier molecular flexibility index (Phi) is 5.15. The normalized spacial score (nSPS) is 16.5. The van der Waals surface area contributed by atoms with Gasteiger partial charge in [-0.2, -0.15) is 0 Å². The molecule has 2 rings (SSSR count). The van der Waals surface area contributed by atoms with Crippen molar-refractivity contribution in [2.24, 2.45) is 0 Å². The van der Waals surface area contributed by atoms with Gasteiger partial charge in [-0.05, 0) is 38.1 Å². The molecule has 0 saturated carbocycles. The smallest absolute Gasteiger partial charge is 0.347 e. The molecule has 1 fully saturated rings. The van der Waals surface area contributed by atoms with Crippen molar-refractivity contribution in [3.05, 3.63) is 30.1 Å². The number of ether oxygens (including phenoxy) is 2. The van der Waals surface area contributed by atoms with E-state index >= 15 is 0 Å². The molecule has 0 spiro atoms. The molecule has 1 heterocycles. The molecule has 0 unspecified atom stereocenters. The van der Waals surface area contributed by atoms with Crippen LogP contribution in [0.25, 0.3) is 0 Å². The van der Waals surface area contributed by atoms with Crippen LogP contribution in [0.15, 0.2) is 24.3 Å². The minimum atomic E-state index is -1.11. The zero-order chi connectivity index (χ0) is 17.0. The summed E-state index contributed by atoms with van der Waals surface area (Å²) < 4.78 is 23.1. The molecule has 0 aromatic heterocycles. The number of carbonyl (C=O) groups is 3. The number of amides is 3. The molecule has 124 valence electrons. The lowest BCUT2D eigenvalue weighted by Gasteiger charge is -2.20. The summed E-state index contributed by atoms with van der Waals surface area (Å²) in [6.07, 6.45) is -2.09. The quantitative estimate of drug-likeness (QED) is 0.819. The number of halogens is 1. The number of hydrogen-bond acceptors (Lipinski definition) is 5. The first-order valence-corrected chi connectivity index (χ1v) is 7.10. The van der Waals surface area contributed by atoms with Gasteiger partial charge in [-0.15, -0.1) is 0 Å². The summed E-state index contributed by atoms with van der Waals surface area (Å²) in [5, 5.41) is 2.49. The van der Waals surface area contributed by atoms with Crippen molar-refractivity contribution in [1.29, 1.82) is 0 Å². The number of carbonyl (C=O) groups excluding carboxylic acids is 3. The highest BCUT2D eigenvalue weighted by atomic mass is 19.1. The van der Waals surface area contributed by atoms with Crippen LogP contribution < -0.4 is 10.1 Å². The number of urea groups is 1. The minimum absolute atomic E-state index is 0.237. The number of nitrogens with zero attached hydrogens (tertiary/aromatic N) is 1. The molecule has 0 bridgehead atoms. The second-order valence-electron chi connectivity index (χ2n) is 5.01. The van der Waals surface area contributed by atoms with E-state index in [2.05, 4.69) is 5.32 Å². The molecule has 1 aliphatic rings. The van der Waals surface area contributed by atoms with Gasteiger partial charge in [-0.3, -0.25) is 9.69 Å². The maximum absolute atomic E-state index is 12.8. The molecule has 1 aliphatic heterocycles. The molecule has 3 amide bonds. The fourth-order valence-corrected chi connectivity index (χ4v) is 1.99. The Hall–Kier alpha value is -2.64. The predicted octanol–water partition coefficient (Wildman–Crippen LogP) is 1.08. The molecule has 23 heavy (non-hydrogen) atoms. The molecule has 0 radical (unpaired) electrons. The SMILES string of the molecule is C[C@@H](Oc1ccc(F)cc1)C(=O)O[C@H](C)C(=O)N1CCNC1=O. The van der Waals surface area contributed by atoms with Crippen molar-refractivity contribution in [2.45, 2.75) is 26.1 Å². The maximum atomic E-state index is 12.8. The van der Waals surface area contributed by atoms with Crippen molar-refractivity contribution in [3.63, 3.8) is 0 Å². The monoisotopic (exact) mass is 324 g/mol. The summed E-state index contributed by atoms with van der Waals surface area (Å²) in [6.45, 7) is 3.44. The van der Waals surface area contributed by atoms with Gasteiger partial charge in [0, 0.05) is 13.1 Å². The lowest BCUT2D eigenvalue weighted by molar-refractivity contribution is -0.163. The summed E-state index contributed by atoms with van der Waals surface area (Å²) in [7, 11) is 0. The van der Waals surface area contributed by atoms with E-state index in [1.807, 2.05) is 0 Å². The maximum Gasteiger partial charge on any atom is 0.347 e. The van der Waals surface area contributed by atoms with E-state index in [9.17, 15) is 18.8 Å². The Bertz CT molecular complexity index is 604. The van der Waals surface area contributed by atoms with Crippen molar-refractivity contribution in [3.8, 4) is 5.75 Å². The number of esters is 1. The van der Waals surface area contributed by atoms with Crippen LogP contribution in [0.5, 0.6) is 5.75 Å². The lowest BCUT2D eigenvalue weighted by atomic mass is 10.3. The van der Waals surface area contributed by atoms with E-state index in [1.54, 1.807) is 0 Å². The Balaban J connectivity index is 1.88. The van der Waals surface area contributed by atoms with Gasteiger partial charge in [0.2, 0.25) is 0 Å². The fourth-order valence-electron chi connectivity index (χ4n) is 1.99. The lowest BCUT2D eigenvalue weighted by Crippen LogP contribution is -2.43. The van der Waals surface area contributed by atoms with Crippen LogP contribution in [0, 0.1) is 5.82 Å². The van der Waals surface area contributed by atoms with Crippen molar-refractivity contribution < 1.29 is 28.2 Å². The molecule has 1 saturated heterocycles. The minimum Gasteiger partial charge on any atom is -0.479 e. The van der Waals surface area contributed by atoms with Gasteiger partial charge in [0.25, 0.3) is 5.91 Å². The van der Waals surface area contributed by atoms with Crippen molar-refractivity contribution >= 4 is 17.9 Å². The van der Waals surface area contributed by atoms with Crippen LogP contribution in [0.1, 0.15) is 13.8 Å². The predicted molar refractivity (Wildman–Crippen MR) is 77.2 cm³/mol. The third-order valence-corrected chi connectivity index (χ3v) is 3.22. The van der Waals surface area contributed by atoms with Crippen LogP contribution in [0.3, 0.4) is 0 Å². The molecule has 8 heteroatoms. The number of nitrogens with one attached hydrogen (secondary N) is 1. The zero-order valence-corrected chi connectivity index (χ0v) is 12.7. The van der Waals surface area contributed by atoms with Gasteiger partial charge in [0.05, 0.1) is 0 Å². The first-order chi connectivity index (χ1) is 10.9. The zero-order valence-electron chi connectivity index (χ0n) is 12.7. The summed E-state index contributed by atoms with van der Waals surface area (Å²) in [5.41, 5.74) is 0. The third kappa shape index (κ3) is 4.18. The van der Waals surface area contributed by atoms with Crippen LogP contribution in [-0.2, 0) is 14.3 Å². The first-order valence-electron chi connectivity index (χ1n) is 7.10. The van der Waals surface area contributed by atoms with E-state index in [0.29, 0.717) is 12.3 Å². The molecule has 1 aromatic rings. The average Bonchev–Trinajstić information content (AvgIpc) is 2.94. The third-order valence-electron chi connectivity index (χ3n) is 3.22.